The molecule has 160 valence electrons. The fraction of sp³-hybridized carbons (Fsp3) is 0.222. The van der Waals surface area contributed by atoms with E-state index in [1.807, 2.05) is 0 Å². The third-order valence-electron chi connectivity index (χ3n) is 3.93. The lowest BCUT2D eigenvalue weighted by Crippen LogP contribution is -2.25. The van der Waals surface area contributed by atoms with E-state index in [0.29, 0.717) is 0 Å². The van der Waals surface area contributed by atoms with Crippen LogP contribution in [0, 0.1) is 0 Å². The van der Waals surface area contributed by atoms with Crippen molar-refractivity contribution in [2.45, 2.75) is 30.2 Å². The Labute approximate surface area is 181 Å². The smallest absolute Gasteiger partial charge is 0.312 e. The minimum absolute atomic E-state index is 0.0123. The minimum Gasteiger partial charge on any atom is -0.507 e. The van der Waals surface area contributed by atoms with Gasteiger partial charge >= 0.3 is 5.97 Å². The van der Waals surface area contributed by atoms with Gasteiger partial charge in [-0.3, -0.25) is 9.59 Å². The number of anilines is 1. The highest BCUT2D eigenvalue weighted by atomic mass is 35.5. The van der Waals surface area contributed by atoms with E-state index in [1.54, 1.807) is 0 Å². The van der Waals surface area contributed by atoms with Crippen LogP contribution < -0.4 is 14.8 Å². The molecule has 0 atom stereocenters. The molecule has 12 heteroatoms. The summed E-state index contributed by atoms with van der Waals surface area (Å²) < 4.78 is 32.9. The first-order chi connectivity index (χ1) is 14.0. The van der Waals surface area contributed by atoms with Crippen LogP contribution in [0.3, 0.4) is 0 Å². The minimum atomic E-state index is -3.93. The Morgan fingerprint density at radius 2 is 1.77 bits per heavy atom. The second kappa shape index (κ2) is 8.68. The van der Waals surface area contributed by atoms with Crippen molar-refractivity contribution in [1.82, 2.24) is 4.72 Å². The number of phenolic OH excluding ortho intramolecular Hbond substituents is 1. The average molecular weight is 475 g/mol. The van der Waals surface area contributed by atoms with Crippen molar-refractivity contribution in [3.8, 4) is 17.2 Å². The number of carbonyl (C=O) groups excluding carboxylic acids is 1. The van der Waals surface area contributed by atoms with Gasteiger partial charge in [-0.15, -0.1) is 0 Å². The molecule has 2 aromatic rings. The number of hydrogen-bond acceptors (Lipinski definition) is 6. The molecule has 1 aliphatic rings. The zero-order valence-electron chi connectivity index (χ0n) is 15.2. The number of carbonyl (C=O) groups is 2. The predicted molar refractivity (Wildman–Crippen MR) is 109 cm³/mol. The van der Waals surface area contributed by atoms with E-state index in [9.17, 15) is 23.1 Å². The molecular formula is C18H16Cl2N2O7S. The number of nitrogens with one attached hydrogen (secondary N) is 2. The van der Waals surface area contributed by atoms with Crippen molar-refractivity contribution in [2.75, 3.05) is 5.32 Å². The number of phenols is 1. The molecular weight excluding hydrogens is 459 g/mol. The summed E-state index contributed by atoms with van der Waals surface area (Å²) in [4.78, 5) is 21.8. The Morgan fingerprint density at radius 1 is 1.13 bits per heavy atom. The van der Waals surface area contributed by atoms with Gasteiger partial charge in [-0.05, 0) is 37.1 Å². The van der Waals surface area contributed by atoms with Crippen LogP contribution in [0.25, 0.3) is 0 Å². The Hall–Kier alpha value is -2.53. The number of halogens is 2. The first-order valence-corrected chi connectivity index (χ1v) is 10.8. The number of carboxylic acids is 1. The second-order valence-electron chi connectivity index (χ2n) is 6.51. The molecule has 2 aromatic carbocycles. The van der Waals surface area contributed by atoms with Crippen LogP contribution in [-0.2, 0) is 19.6 Å². The van der Waals surface area contributed by atoms with Crippen LogP contribution in [-0.4, -0.2) is 36.5 Å². The van der Waals surface area contributed by atoms with Gasteiger partial charge in [0, 0.05) is 17.8 Å². The predicted octanol–water partition coefficient (Wildman–Crippen LogP) is 3.35. The topological polar surface area (TPSA) is 142 Å². The molecule has 0 radical (unpaired) electrons. The van der Waals surface area contributed by atoms with E-state index in [-0.39, 0.29) is 38.2 Å². The van der Waals surface area contributed by atoms with Gasteiger partial charge in [0.25, 0.3) is 0 Å². The molecule has 1 aliphatic carbocycles. The van der Waals surface area contributed by atoms with Crippen LogP contribution in [0.5, 0.6) is 17.2 Å². The Bertz CT molecular complexity index is 1090. The summed E-state index contributed by atoms with van der Waals surface area (Å²) in [5, 5.41) is 20.9. The van der Waals surface area contributed by atoms with Crippen molar-refractivity contribution in [3.63, 3.8) is 0 Å². The SMILES string of the molecule is O=C(O)CC(=O)Nc1cc(Cl)c(Oc2ccc(O)c(S(=O)(=O)NC3CC3)c2)c(Cl)c1. The van der Waals surface area contributed by atoms with Gasteiger partial charge in [-0.2, -0.15) is 0 Å². The third-order valence-corrected chi connectivity index (χ3v) is 6.04. The molecule has 0 spiro atoms. The molecule has 3 rings (SSSR count). The fourth-order valence-corrected chi connectivity index (χ4v) is 4.43. The molecule has 0 unspecified atom stereocenters. The van der Waals surface area contributed by atoms with E-state index in [4.69, 9.17) is 33.0 Å². The van der Waals surface area contributed by atoms with E-state index < -0.39 is 34.1 Å². The third kappa shape index (κ3) is 5.54. The highest BCUT2D eigenvalue weighted by molar-refractivity contribution is 7.89. The molecule has 4 N–H and O–H groups in total. The van der Waals surface area contributed by atoms with Gasteiger partial charge in [-0.1, -0.05) is 23.2 Å². The van der Waals surface area contributed by atoms with Crippen molar-refractivity contribution >= 4 is 50.8 Å². The maximum atomic E-state index is 12.4. The molecule has 0 aromatic heterocycles. The van der Waals surface area contributed by atoms with Gasteiger partial charge in [0.15, 0.2) is 5.75 Å². The van der Waals surface area contributed by atoms with Gasteiger partial charge in [0.05, 0.1) is 10.0 Å². The zero-order chi connectivity index (χ0) is 22.1. The summed E-state index contributed by atoms with van der Waals surface area (Å²) in [7, 11) is -3.93. The number of aliphatic carboxylic acids is 1. The second-order valence-corrected chi connectivity index (χ2v) is 9.01. The zero-order valence-corrected chi connectivity index (χ0v) is 17.5. The summed E-state index contributed by atoms with van der Waals surface area (Å²) in [5.74, 6) is -2.46. The number of rotatable bonds is 8. The number of carboxylic acid groups (broad SMARTS) is 1. The number of sulfonamides is 1. The van der Waals surface area contributed by atoms with E-state index >= 15 is 0 Å². The maximum Gasteiger partial charge on any atom is 0.312 e. The Balaban J connectivity index is 1.83. The molecule has 1 saturated carbocycles. The van der Waals surface area contributed by atoms with E-state index in [1.165, 1.54) is 24.3 Å². The molecule has 1 amide bonds. The molecule has 0 aliphatic heterocycles. The van der Waals surface area contributed by atoms with Crippen LogP contribution in [0.15, 0.2) is 35.2 Å². The van der Waals surface area contributed by atoms with E-state index in [0.717, 1.165) is 18.9 Å². The number of amides is 1. The first-order valence-electron chi connectivity index (χ1n) is 8.59. The average Bonchev–Trinajstić information content (AvgIpc) is 3.41. The van der Waals surface area contributed by atoms with Crippen molar-refractivity contribution in [3.05, 3.63) is 40.4 Å². The Kier molecular flexibility index (Phi) is 6.41. The number of ether oxygens (including phenoxy) is 1. The highest BCUT2D eigenvalue weighted by Crippen LogP contribution is 2.40. The first kappa shape index (κ1) is 22.2. The van der Waals surface area contributed by atoms with Gasteiger partial charge in [0.2, 0.25) is 15.9 Å². The summed E-state index contributed by atoms with van der Waals surface area (Å²) in [6.07, 6.45) is 0.737. The largest absolute Gasteiger partial charge is 0.507 e. The summed E-state index contributed by atoms with van der Waals surface area (Å²) in [6, 6.07) is 6.09. The quantitative estimate of drug-likeness (QED) is 0.429. The van der Waals surface area contributed by atoms with Gasteiger partial charge < -0.3 is 20.3 Å². The van der Waals surface area contributed by atoms with Crippen LogP contribution in [0.1, 0.15) is 19.3 Å². The maximum absolute atomic E-state index is 12.4. The Morgan fingerprint density at radius 3 is 2.33 bits per heavy atom. The van der Waals surface area contributed by atoms with Crippen LogP contribution in [0.4, 0.5) is 5.69 Å². The van der Waals surface area contributed by atoms with E-state index in [2.05, 4.69) is 10.0 Å². The summed E-state index contributed by atoms with van der Waals surface area (Å²) in [5.41, 5.74) is 0.159. The number of benzene rings is 2. The fourth-order valence-electron chi connectivity index (χ4n) is 2.45. The van der Waals surface area contributed by atoms with Gasteiger partial charge in [-0.25, -0.2) is 13.1 Å². The lowest BCUT2D eigenvalue weighted by Gasteiger charge is -2.14. The molecule has 1 fully saturated rings. The van der Waals surface area contributed by atoms with Crippen LogP contribution in [0.2, 0.25) is 10.0 Å². The van der Waals surface area contributed by atoms with Crippen molar-refractivity contribution < 1.29 is 33.0 Å². The number of aromatic hydroxyl groups is 1. The normalized spacial score (nSPS) is 13.7. The highest BCUT2D eigenvalue weighted by Gasteiger charge is 2.30. The monoisotopic (exact) mass is 474 g/mol. The van der Waals surface area contributed by atoms with Crippen LogP contribution >= 0.6 is 23.2 Å². The molecule has 0 saturated heterocycles. The van der Waals surface area contributed by atoms with Crippen molar-refractivity contribution in [2.24, 2.45) is 0 Å². The molecule has 9 nitrogen and oxygen atoms in total. The molecule has 30 heavy (non-hydrogen) atoms. The summed E-state index contributed by atoms with van der Waals surface area (Å²) >= 11 is 12.3. The summed E-state index contributed by atoms with van der Waals surface area (Å²) in [6.45, 7) is 0. The molecule has 0 heterocycles. The lowest BCUT2D eigenvalue weighted by molar-refractivity contribution is -0.139. The molecule has 0 bridgehead atoms. The van der Waals surface area contributed by atoms with Crippen molar-refractivity contribution in [1.29, 1.82) is 0 Å². The lowest BCUT2D eigenvalue weighted by atomic mass is 10.2. The number of hydrogen-bond donors (Lipinski definition) is 4. The van der Waals surface area contributed by atoms with Gasteiger partial charge in [0.1, 0.15) is 22.8 Å². The standard InChI is InChI=1S/C18H16Cl2N2O7S/c19-12-5-10(21-16(24)8-17(25)26)6-13(20)18(12)29-11-3-4-14(23)15(7-11)30(27,28)22-9-1-2-9/h3-7,9,22-23H,1-2,8H2,(H,21,24)(H,25,26).